The van der Waals surface area contributed by atoms with Crippen LogP contribution in [-0.2, 0) is 6.42 Å². The average Bonchev–Trinajstić information content (AvgIpc) is 2.62. The van der Waals surface area contributed by atoms with Crippen molar-refractivity contribution in [2.75, 3.05) is 0 Å². The summed E-state index contributed by atoms with van der Waals surface area (Å²) < 4.78 is 0. The number of allylic oxidation sites excluding steroid dienone is 1. The first-order chi connectivity index (χ1) is 10.1. The van der Waals surface area contributed by atoms with Crippen molar-refractivity contribution in [1.29, 1.82) is 0 Å². The highest BCUT2D eigenvalue weighted by molar-refractivity contribution is 6.12. The number of hydrogen-bond acceptors (Lipinski definition) is 1. The Labute approximate surface area is 126 Å². The van der Waals surface area contributed by atoms with E-state index < -0.39 is 0 Å². The number of Topliss-reactive ketones (excluding diaryl/α,β-unsaturated/α-hetero) is 1. The lowest BCUT2D eigenvalue weighted by atomic mass is 9.94. The Morgan fingerprint density at radius 1 is 0.952 bits per heavy atom. The van der Waals surface area contributed by atoms with Crippen molar-refractivity contribution >= 4 is 11.9 Å². The van der Waals surface area contributed by atoms with Crippen LogP contribution < -0.4 is 0 Å². The van der Waals surface area contributed by atoms with Gasteiger partial charge in [0, 0.05) is 11.1 Å². The predicted octanol–water partition coefficient (Wildman–Crippen LogP) is 4.91. The average molecular weight is 276 g/mol. The zero-order chi connectivity index (χ0) is 14.8. The van der Waals surface area contributed by atoms with Gasteiger partial charge in [-0.15, -0.1) is 0 Å². The van der Waals surface area contributed by atoms with Gasteiger partial charge in [0.2, 0.25) is 0 Å². The van der Waals surface area contributed by atoms with Crippen molar-refractivity contribution in [3.8, 4) is 0 Å². The van der Waals surface area contributed by atoms with Gasteiger partial charge in [-0.05, 0) is 67.5 Å². The minimum absolute atomic E-state index is 0.203. The van der Waals surface area contributed by atoms with Crippen LogP contribution in [0.2, 0.25) is 0 Å². The third-order valence-electron chi connectivity index (χ3n) is 4.29. The van der Waals surface area contributed by atoms with Crippen LogP contribution in [-0.4, -0.2) is 5.78 Å². The van der Waals surface area contributed by atoms with E-state index in [0.29, 0.717) is 0 Å². The van der Waals surface area contributed by atoms with Crippen molar-refractivity contribution in [2.24, 2.45) is 0 Å². The molecule has 0 radical (unpaired) electrons. The highest BCUT2D eigenvalue weighted by atomic mass is 16.1. The van der Waals surface area contributed by atoms with Crippen LogP contribution in [0.15, 0.2) is 48.0 Å². The molecule has 2 aromatic rings. The Hall–Kier alpha value is -2.15. The minimum Gasteiger partial charge on any atom is -0.289 e. The lowest BCUT2D eigenvalue weighted by molar-refractivity contribution is 0.103. The van der Waals surface area contributed by atoms with Crippen LogP contribution in [0.3, 0.4) is 0 Å². The molecule has 0 bridgehead atoms. The second-order valence-electron chi connectivity index (χ2n) is 5.86. The summed E-state index contributed by atoms with van der Waals surface area (Å²) in [5, 5.41) is 0. The van der Waals surface area contributed by atoms with Gasteiger partial charge in [-0.1, -0.05) is 36.4 Å². The Morgan fingerprint density at radius 3 is 2.43 bits per heavy atom. The molecule has 0 saturated heterocycles. The van der Waals surface area contributed by atoms with E-state index in [9.17, 15) is 4.79 Å². The summed E-state index contributed by atoms with van der Waals surface area (Å²) >= 11 is 0. The number of benzene rings is 2. The zero-order valence-corrected chi connectivity index (χ0v) is 12.6. The first-order valence-electron chi connectivity index (χ1n) is 7.55. The molecule has 21 heavy (non-hydrogen) atoms. The molecule has 0 spiro atoms. The maximum absolute atomic E-state index is 12.8. The highest BCUT2D eigenvalue weighted by Crippen LogP contribution is 2.27. The first kappa shape index (κ1) is 13.8. The fraction of sp³-hybridized carbons (Fsp3) is 0.250. The van der Waals surface area contributed by atoms with Crippen molar-refractivity contribution in [3.05, 3.63) is 75.9 Å². The lowest BCUT2D eigenvalue weighted by Gasteiger charge is -2.09. The van der Waals surface area contributed by atoms with E-state index in [0.717, 1.165) is 36.0 Å². The third kappa shape index (κ3) is 2.82. The standard InChI is InChI=1S/C20H20O/c1-14-11-17-9-6-10-18(13-16-7-4-3-5-8-16)20(21)19(17)12-15(14)2/h3-5,7-8,11-13H,6,9-10H2,1-2H3/b18-13+. The summed E-state index contributed by atoms with van der Waals surface area (Å²) in [5.41, 5.74) is 6.62. The molecule has 0 heterocycles. The SMILES string of the molecule is Cc1cc2c(cc1C)C(=O)/C(=C/c1ccccc1)CCC2. The van der Waals surface area contributed by atoms with Crippen molar-refractivity contribution in [2.45, 2.75) is 33.1 Å². The molecule has 106 valence electrons. The largest absolute Gasteiger partial charge is 0.289 e. The summed E-state index contributed by atoms with van der Waals surface area (Å²) in [4.78, 5) is 12.8. The summed E-state index contributed by atoms with van der Waals surface area (Å²) in [6.45, 7) is 4.19. The van der Waals surface area contributed by atoms with Crippen LogP contribution in [0.5, 0.6) is 0 Å². The number of aryl methyl sites for hydroxylation is 3. The summed E-state index contributed by atoms with van der Waals surface area (Å²) in [6, 6.07) is 14.4. The second-order valence-corrected chi connectivity index (χ2v) is 5.86. The molecule has 1 heteroatoms. The molecule has 0 saturated carbocycles. The van der Waals surface area contributed by atoms with Crippen LogP contribution in [0.25, 0.3) is 6.08 Å². The van der Waals surface area contributed by atoms with E-state index in [1.54, 1.807) is 0 Å². The van der Waals surface area contributed by atoms with Gasteiger partial charge in [0.25, 0.3) is 0 Å². The maximum atomic E-state index is 12.8. The van der Waals surface area contributed by atoms with E-state index in [1.807, 2.05) is 36.4 Å². The van der Waals surface area contributed by atoms with E-state index in [4.69, 9.17) is 0 Å². The van der Waals surface area contributed by atoms with Gasteiger partial charge in [0.15, 0.2) is 5.78 Å². The molecule has 2 aromatic carbocycles. The van der Waals surface area contributed by atoms with E-state index in [1.165, 1.54) is 16.7 Å². The van der Waals surface area contributed by atoms with Gasteiger partial charge in [-0.2, -0.15) is 0 Å². The molecule has 1 aliphatic rings. The second kappa shape index (κ2) is 5.69. The fourth-order valence-electron chi connectivity index (χ4n) is 2.94. The maximum Gasteiger partial charge on any atom is 0.189 e. The van der Waals surface area contributed by atoms with Gasteiger partial charge in [0.05, 0.1) is 0 Å². The molecule has 0 unspecified atom stereocenters. The molecule has 0 amide bonds. The van der Waals surface area contributed by atoms with Crippen molar-refractivity contribution in [3.63, 3.8) is 0 Å². The molecular formula is C20H20O. The molecule has 3 rings (SSSR count). The van der Waals surface area contributed by atoms with Crippen LogP contribution in [0, 0.1) is 13.8 Å². The van der Waals surface area contributed by atoms with Crippen LogP contribution in [0.1, 0.15) is 45.5 Å². The molecule has 0 aromatic heterocycles. The zero-order valence-electron chi connectivity index (χ0n) is 12.6. The summed E-state index contributed by atoms with van der Waals surface area (Å²) in [5.74, 6) is 0.203. The highest BCUT2D eigenvalue weighted by Gasteiger charge is 2.20. The van der Waals surface area contributed by atoms with Gasteiger partial charge in [-0.25, -0.2) is 0 Å². The Balaban J connectivity index is 2.04. The normalized spacial score (nSPS) is 16.7. The number of rotatable bonds is 1. The molecule has 1 nitrogen and oxygen atoms in total. The molecule has 0 N–H and O–H groups in total. The molecule has 0 aliphatic heterocycles. The van der Waals surface area contributed by atoms with Crippen LogP contribution >= 0.6 is 0 Å². The number of ketones is 1. The van der Waals surface area contributed by atoms with Gasteiger partial charge >= 0.3 is 0 Å². The smallest absolute Gasteiger partial charge is 0.189 e. The molecule has 0 fully saturated rings. The summed E-state index contributed by atoms with van der Waals surface area (Å²) in [7, 11) is 0. The molecule has 1 aliphatic carbocycles. The topological polar surface area (TPSA) is 17.1 Å². The summed E-state index contributed by atoms with van der Waals surface area (Å²) in [6.07, 6.45) is 4.95. The van der Waals surface area contributed by atoms with Crippen molar-refractivity contribution < 1.29 is 4.79 Å². The predicted molar refractivity (Wildman–Crippen MR) is 87.6 cm³/mol. The number of hydrogen-bond donors (Lipinski definition) is 0. The fourth-order valence-corrected chi connectivity index (χ4v) is 2.94. The number of carbonyl (C=O) groups is 1. The number of carbonyl (C=O) groups excluding carboxylic acids is 1. The lowest BCUT2D eigenvalue weighted by Crippen LogP contribution is -2.05. The van der Waals surface area contributed by atoms with E-state index in [2.05, 4.69) is 26.0 Å². The quantitative estimate of drug-likeness (QED) is 0.534. The Kier molecular flexibility index (Phi) is 3.74. The first-order valence-corrected chi connectivity index (χ1v) is 7.55. The Bertz CT molecular complexity index is 708. The van der Waals surface area contributed by atoms with Gasteiger partial charge < -0.3 is 0 Å². The molecular weight excluding hydrogens is 256 g/mol. The van der Waals surface area contributed by atoms with Gasteiger partial charge in [0.1, 0.15) is 0 Å². The number of fused-ring (bicyclic) bond motifs is 1. The van der Waals surface area contributed by atoms with E-state index >= 15 is 0 Å². The van der Waals surface area contributed by atoms with Crippen LogP contribution in [0.4, 0.5) is 0 Å². The van der Waals surface area contributed by atoms with Crippen molar-refractivity contribution in [1.82, 2.24) is 0 Å². The van der Waals surface area contributed by atoms with Gasteiger partial charge in [-0.3, -0.25) is 4.79 Å². The van der Waals surface area contributed by atoms with E-state index in [-0.39, 0.29) is 5.78 Å². The monoisotopic (exact) mass is 276 g/mol. The third-order valence-corrected chi connectivity index (χ3v) is 4.29. The molecule has 0 atom stereocenters. The minimum atomic E-state index is 0.203. The Morgan fingerprint density at radius 2 is 1.67 bits per heavy atom.